The van der Waals surface area contributed by atoms with Crippen molar-refractivity contribution in [3.8, 4) is 0 Å². The smallest absolute Gasteiger partial charge is 0.0670 e. The maximum Gasteiger partial charge on any atom is 0.0670 e. The first-order valence-electron chi connectivity index (χ1n) is 4.94. The summed E-state index contributed by atoms with van der Waals surface area (Å²) in [4.78, 5) is 2.40. The second-order valence-electron chi connectivity index (χ2n) is 3.68. The van der Waals surface area contributed by atoms with E-state index in [1.165, 1.54) is 0 Å². The maximum atomic E-state index is 5.66. The van der Waals surface area contributed by atoms with Gasteiger partial charge in [0.05, 0.1) is 6.10 Å². The highest BCUT2D eigenvalue weighted by molar-refractivity contribution is 6.17. The van der Waals surface area contributed by atoms with Crippen molar-refractivity contribution in [3.63, 3.8) is 0 Å². The largest absolute Gasteiger partial charge is 0.380 e. The molecule has 0 aromatic heterocycles. The van der Waals surface area contributed by atoms with E-state index in [0.717, 1.165) is 25.4 Å². The van der Waals surface area contributed by atoms with Crippen LogP contribution in [0, 0.1) is 0 Å². The lowest BCUT2D eigenvalue weighted by molar-refractivity contribution is 0.0657. The molecule has 80 valence electrons. The zero-order chi connectivity index (χ0) is 10.3. The molecule has 0 bridgehead atoms. The van der Waals surface area contributed by atoms with Gasteiger partial charge in [0.15, 0.2) is 0 Å². The van der Waals surface area contributed by atoms with Crippen LogP contribution < -0.4 is 0 Å². The number of nitrogens with zero attached hydrogens (tertiary/aromatic N) is 1. The molecule has 0 spiro atoms. The molecule has 0 N–H and O–H groups in total. The van der Waals surface area contributed by atoms with Crippen molar-refractivity contribution >= 4 is 11.6 Å². The van der Waals surface area contributed by atoms with Crippen LogP contribution in [0.5, 0.6) is 0 Å². The van der Waals surface area contributed by atoms with Crippen LogP contribution in [0.15, 0.2) is 0 Å². The summed E-state index contributed by atoms with van der Waals surface area (Å²) in [6.07, 6.45) is 1.36. The third-order valence-corrected chi connectivity index (χ3v) is 2.47. The van der Waals surface area contributed by atoms with E-state index < -0.39 is 0 Å². The van der Waals surface area contributed by atoms with Crippen LogP contribution >= 0.6 is 11.6 Å². The van der Waals surface area contributed by atoms with Crippen molar-refractivity contribution in [2.45, 2.75) is 39.3 Å². The summed E-state index contributed by atoms with van der Waals surface area (Å²) in [5.41, 5.74) is 0. The van der Waals surface area contributed by atoms with E-state index in [1.54, 1.807) is 7.11 Å². The fraction of sp³-hybridized carbons (Fsp3) is 1.00. The fourth-order valence-corrected chi connectivity index (χ4v) is 1.35. The second kappa shape index (κ2) is 7.60. The Morgan fingerprint density at radius 2 is 1.92 bits per heavy atom. The molecule has 0 aliphatic rings. The lowest BCUT2D eigenvalue weighted by atomic mass is 10.2. The minimum atomic E-state index is 0.303. The average Bonchev–Trinajstić information content (AvgIpc) is 2.11. The van der Waals surface area contributed by atoms with Gasteiger partial charge in [-0.2, -0.15) is 0 Å². The quantitative estimate of drug-likeness (QED) is 0.595. The monoisotopic (exact) mass is 207 g/mol. The number of ether oxygens (including phenoxy) is 1. The van der Waals surface area contributed by atoms with Crippen LogP contribution in [0.25, 0.3) is 0 Å². The minimum Gasteiger partial charge on any atom is -0.380 e. The molecule has 0 saturated heterocycles. The first kappa shape index (κ1) is 13.2. The zero-order valence-corrected chi connectivity index (χ0v) is 9.97. The molecule has 0 fully saturated rings. The Morgan fingerprint density at radius 1 is 1.31 bits per heavy atom. The number of alkyl halides is 1. The van der Waals surface area contributed by atoms with Gasteiger partial charge in [0.1, 0.15) is 0 Å². The molecule has 13 heavy (non-hydrogen) atoms. The lowest BCUT2D eigenvalue weighted by Gasteiger charge is -2.28. The Bertz CT molecular complexity index is 119. The molecule has 1 unspecified atom stereocenters. The van der Waals surface area contributed by atoms with Crippen LogP contribution in [0.2, 0.25) is 0 Å². The number of methoxy groups -OCH3 is 1. The van der Waals surface area contributed by atoms with Gasteiger partial charge in [-0.3, -0.25) is 4.90 Å². The molecule has 0 radical (unpaired) electrons. The van der Waals surface area contributed by atoms with Gasteiger partial charge in [-0.15, -0.1) is 11.6 Å². The molecule has 0 aromatic carbocycles. The van der Waals surface area contributed by atoms with E-state index in [2.05, 4.69) is 25.7 Å². The molecular weight excluding hydrogens is 186 g/mol. The van der Waals surface area contributed by atoms with Crippen LogP contribution in [0.1, 0.15) is 27.2 Å². The summed E-state index contributed by atoms with van der Waals surface area (Å²) >= 11 is 5.66. The lowest BCUT2D eigenvalue weighted by Crippen LogP contribution is -2.38. The highest BCUT2D eigenvalue weighted by Gasteiger charge is 2.11. The third-order valence-electron chi connectivity index (χ3n) is 2.20. The van der Waals surface area contributed by atoms with Crippen molar-refractivity contribution < 1.29 is 4.74 Å². The minimum absolute atomic E-state index is 0.303. The van der Waals surface area contributed by atoms with Crippen molar-refractivity contribution in [1.82, 2.24) is 4.90 Å². The highest BCUT2D eigenvalue weighted by atomic mass is 35.5. The number of rotatable bonds is 7. The Labute approximate surface area is 87.2 Å². The number of hydrogen-bond acceptors (Lipinski definition) is 2. The van der Waals surface area contributed by atoms with E-state index in [9.17, 15) is 0 Å². The van der Waals surface area contributed by atoms with E-state index in [-0.39, 0.29) is 0 Å². The molecule has 2 nitrogen and oxygen atoms in total. The highest BCUT2D eigenvalue weighted by Crippen LogP contribution is 2.03. The Hall–Kier alpha value is 0.210. The average molecular weight is 208 g/mol. The van der Waals surface area contributed by atoms with Crippen LogP contribution in [-0.4, -0.2) is 43.1 Å². The molecular formula is C10H22ClNO. The van der Waals surface area contributed by atoms with Crippen molar-refractivity contribution in [3.05, 3.63) is 0 Å². The summed E-state index contributed by atoms with van der Waals surface area (Å²) < 4.78 is 5.24. The summed E-state index contributed by atoms with van der Waals surface area (Å²) in [7, 11) is 1.75. The summed E-state index contributed by atoms with van der Waals surface area (Å²) in [5.74, 6) is 0.741. The van der Waals surface area contributed by atoms with Gasteiger partial charge in [-0.25, -0.2) is 0 Å². The first-order chi connectivity index (χ1) is 6.11. The van der Waals surface area contributed by atoms with E-state index in [4.69, 9.17) is 16.3 Å². The van der Waals surface area contributed by atoms with Gasteiger partial charge >= 0.3 is 0 Å². The van der Waals surface area contributed by atoms with Gasteiger partial charge in [0.25, 0.3) is 0 Å². The first-order valence-corrected chi connectivity index (χ1v) is 5.48. The molecule has 0 amide bonds. The number of halogens is 1. The van der Waals surface area contributed by atoms with Gasteiger partial charge in [0, 0.05) is 25.6 Å². The molecule has 0 saturated carbocycles. The van der Waals surface area contributed by atoms with E-state index in [1.807, 2.05) is 0 Å². The predicted octanol–water partition coefficient (Wildman–Crippen LogP) is 2.36. The van der Waals surface area contributed by atoms with E-state index >= 15 is 0 Å². The second-order valence-corrected chi connectivity index (χ2v) is 4.06. The van der Waals surface area contributed by atoms with Crippen LogP contribution in [-0.2, 0) is 4.74 Å². The molecule has 0 rings (SSSR count). The maximum absolute atomic E-state index is 5.66. The fourth-order valence-electron chi connectivity index (χ4n) is 1.23. The van der Waals surface area contributed by atoms with Gasteiger partial charge < -0.3 is 4.74 Å². The standard InChI is InChI=1S/C10H22ClNO/c1-9(2)12(7-5-6-11)8-10(3)13-4/h9-10H,5-8H2,1-4H3. The Balaban J connectivity index is 3.79. The topological polar surface area (TPSA) is 12.5 Å². The van der Waals surface area contributed by atoms with Crippen molar-refractivity contribution in [2.75, 3.05) is 26.1 Å². The Kier molecular flexibility index (Phi) is 7.72. The van der Waals surface area contributed by atoms with Crippen molar-refractivity contribution in [1.29, 1.82) is 0 Å². The number of hydrogen-bond donors (Lipinski definition) is 0. The van der Waals surface area contributed by atoms with Crippen molar-refractivity contribution in [2.24, 2.45) is 0 Å². The zero-order valence-electron chi connectivity index (χ0n) is 9.22. The van der Waals surface area contributed by atoms with Gasteiger partial charge in [-0.05, 0) is 33.7 Å². The molecule has 0 aliphatic carbocycles. The summed E-state index contributed by atoms with van der Waals surface area (Å²) in [6, 6.07) is 0.570. The van der Waals surface area contributed by atoms with Gasteiger partial charge in [0.2, 0.25) is 0 Å². The summed E-state index contributed by atoms with van der Waals surface area (Å²) in [5, 5.41) is 0. The molecule has 1 atom stereocenters. The van der Waals surface area contributed by atoms with Crippen LogP contribution in [0.4, 0.5) is 0 Å². The van der Waals surface area contributed by atoms with E-state index in [0.29, 0.717) is 12.1 Å². The SMILES string of the molecule is COC(C)CN(CCCCl)C(C)C. The normalized spacial score (nSPS) is 14.1. The molecule has 3 heteroatoms. The molecule has 0 aromatic rings. The Morgan fingerprint density at radius 3 is 2.31 bits per heavy atom. The molecule has 0 aliphatic heterocycles. The molecule has 0 heterocycles. The predicted molar refractivity (Wildman–Crippen MR) is 58.5 cm³/mol. The van der Waals surface area contributed by atoms with Crippen LogP contribution in [0.3, 0.4) is 0 Å². The van der Waals surface area contributed by atoms with Gasteiger partial charge in [-0.1, -0.05) is 0 Å². The third kappa shape index (κ3) is 6.30. The summed E-state index contributed by atoms with van der Waals surface area (Å²) in [6.45, 7) is 8.56.